The number of hydrogen-bond donors (Lipinski definition) is 2. The highest BCUT2D eigenvalue weighted by atomic mass is 16.2. The third-order valence-corrected chi connectivity index (χ3v) is 4.33. The van der Waals surface area contributed by atoms with Crippen LogP contribution in [-0.4, -0.2) is 35.3 Å². The summed E-state index contributed by atoms with van der Waals surface area (Å²) in [6.07, 6.45) is 9.21. The zero-order chi connectivity index (χ0) is 13.1. The topological polar surface area (TPSA) is 51.4 Å². The van der Waals surface area contributed by atoms with Crippen molar-refractivity contribution in [3.8, 4) is 0 Å². The second kappa shape index (κ2) is 5.74. The fraction of sp³-hybridized carbons (Fsp3) is 0.714. The van der Waals surface area contributed by atoms with Crippen molar-refractivity contribution in [2.75, 3.05) is 25.0 Å². The number of carbonyl (C=O) groups excluding carboxylic acids is 1. The van der Waals surface area contributed by atoms with Crippen LogP contribution in [0.15, 0.2) is 12.3 Å². The summed E-state index contributed by atoms with van der Waals surface area (Å²) in [5.41, 5.74) is 0. The molecule has 2 N–H and O–H groups in total. The molecule has 5 nitrogen and oxygen atoms in total. The lowest BCUT2D eigenvalue weighted by atomic mass is 10.2. The Balaban J connectivity index is 1.59. The van der Waals surface area contributed by atoms with Crippen molar-refractivity contribution >= 4 is 11.7 Å². The van der Waals surface area contributed by atoms with Crippen LogP contribution in [-0.2, 0) is 4.79 Å². The molecule has 2 heterocycles. The molecular weight excluding hydrogens is 240 g/mol. The molecule has 0 bridgehead atoms. The molecule has 0 spiro atoms. The molecule has 1 aliphatic heterocycles. The number of nitrogens with zero attached hydrogens (tertiary/aromatic N) is 2. The Kier molecular flexibility index (Phi) is 3.82. The molecular formula is C14H23N4O+. The van der Waals surface area contributed by atoms with E-state index in [4.69, 9.17) is 0 Å². The number of aromatic nitrogens is 2. The van der Waals surface area contributed by atoms with E-state index in [0.29, 0.717) is 12.6 Å². The highest BCUT2D eigenvalue weighted by molar-refractivity contribution is 5.90. The number of likely N-dealkylation sites (tertiary alicyclic amines) is 1. The van der Waals surface area contributed by atoms with Crippen molar-refractivity contribution < 1.29 is 9.69 Å². The Morgan fingerprint density at radius 3 is 2.79 bits per heavy atom. The lowest BCUT2D eigenvalue weighted by molar-refractivity contribution is -0.878. The van der Waals surface area contributed by atoms with E-state index >= 15 is 0 Å². The SMILES string of the molecule is O=C(C[NH+]1CCCC1)Nc1ccnn1C1CCCC1. The first-order valence-electron chi connectivity index (χ1n) is 7.50. The average Bonchev–Trinajstić information content (AvgIpc) is 3.09. The number of anilines is 1. The van der Waals surface area contributed by atoms with Crippen LogP contribution >= 0.6 is 0 Å². The summed E-state index contributed by atoms with van der Waals surface area (Å²) < 4.78 is 2.00. The molecule has 1 aliphatic carbocycles. The van der Waals surface area contributed by atoms with Gasteiger partial charge < -0.3 is 10.2 Å². The van der Waals surface area contributed by atoms with E-state index < -0.39 is 0 Å². The summed E-state index contributed by atoms with van der Waals surface area (Å²) in [7, 11) is 0. The van der Waals surface area contributed by atoms with Gasteiger partial charge in [0.05, 0.1) is 25.3 Å². The molecule has 0 radical (unpaired) electrons. The maximum atomic E-state index is 12.1. The van der Waals surface area contributed by atoms with E-state index in [1.54, 1.807) is 6.20 Å². The molecule has 5 heteroatoms. The Morgan fingerprint density at radius 1 is 1.32 bits per heavy atom. The maximum Gasteiger partial charge on any atom is 0.280 e. The zero-order valence-corrected chi connectivity index (χ0v) is 11.4. The fourth-order valence-electron chi connectivity index (χ4n) is 3.32. The molecule has 1 saturated carbocycles. The van der Waals surface area contributed by atoms with Crippen LogP contribution in [0.25, 0.3) is 0 Å². The first-order chi connectivity index (χ1) is 9.33. The highest BCUT2D eigenvalue weighted by Gasteiger charge is 2.22. The molecule has 3 rings (SSSR count). The second-order valence-corrected chi connectivity index (χ2v) is 5.78. The molecule has 1 saturated heterocycles. The van der Waals surface area contributed by atoms with Crippen LogP contribution in [0.3, 0.4) is 0 Å². The molecule has 1 amide bonds. The predicted molar refractivity (Wildman–Crippen MR) is 73.2 cm³/mol. The summed E-state index contributed by atoms with van der Waals surface area (Å²) in [6.45, 7) is 2.86. The number of nitrogens with one attached hydrogen (secondary N) is 2. The Labute approximate surface area is 114 Å². The first-order valence-corrected chi connectivity index (χ1v) is 7.50. The van der Waals surface area contributed by atoms with Gasteiger partial charge in [-0.25, -0.2) is 4.68 Å². The lowest BCUT2D eigenvalue weighted by Crippen LogP contribution is -3.11. The fourth-order valence-corrected chi connectivity index (χ4v) is 3.32. The van der Waals surface area contributed by atoms with Gasteiger partial charge >= 0.3 is 0 Å². The van der Waals surface area contributed by atoms with Crippen molar-refractivity contribution in [3.05, 3.63) is 12.3 Å². The lowest BCUT2D eigenvalue weighted by Gasteiger charge is -2.16. The summed E-state index contributed by atoms with van der Waals surface area (Å²) in [5, 5.41) is 7.41. The van der Waals surface area contributed by atoms with Gasteiger partial charge in [0, 0.05) is 18.9 Å². The Morgan fingerprint density at radius 2 is 2.05 bits per heavy atom. The Bertz CT molecular complexity index is 430. The average molecular weight is 263 g/mol. The van der Waals surface area contributed by atoms with E-state index in [9.17, 15) is 4.79 Å². The third kappa shape index (κ3) is 2.97. The molecule has 0 unspecified atom stereocenters. The van der Waals surface area contributed by atoms with Crippen molar-refractivity contribution in [2.45, 2.75) is 44.6 Å². The van der Waals surface area contributed by atoms with Gasteiger partial charge in [-0.1, -0.05) is 12.8 Å². The van der Waals surface area contributed by atoms with Gasteiger partial charge in [-0.05, 0) is 12.8 Å². The number of amides is 1. The number of quaternary nitrogens is 1. The van der Waals surface area contributed by atoms with Gasteiger partial charge in [0.2, 0.25) is 0 Å². The van der Waals surface area contributed by atoms with Crippen molar-refractivity contribution in [1.29, 1.82) is 0 Å². The minimum atomic E-state index is 0.122. The van der Waals surface area contributed by atoms with Crippen molar-refractivity contribution in [1.82, 2.24) is 9.78 Å². The number of carbonyl (C=O) groups is 1. The van der Waals surface area contributed by atoms with Crippen LogP contribution in [0.1, 0.15) is 44.6 Å². The summed E-state index contributed by atoms with van der Waals surface area (Å²) in [5.74, 6) is 0.993. The van der Waals surface area contributed by atoms with Gasteiger partial charge in [0.15, 0.2) is 6.54 Å². The second-order valence-electron chi connectivity index (χ2n) is 5.78. The zero-order valence-electron chi connectivity index (χ0n) is 11.4. The van der Waals surface area contributed by atoms with E-state index in [1.807, 2.05) is 10.7 Å². The molecule has 1 aromatic heterocycles. The molecule has 2 aliphatic rings. The minimum Gasteiger partial charge on any atom is -0.327 e. The largest absolute Gasteiger partial charge is 0.327 e. The monoisotopic (exact) mass is 263 g/mol. The van der Waals surface area contributed by atoms with E-state index in [0.717, 1.165) is 18.9 Å². The van der Waals surface area contributed by atoms with Crippen molar-refractivity contribution in [3.63, 3.8) is 0 Å². The maximum absolute atomic E-state index is 12.1. The molecule has 2 fully saturated rings. The van der Waals surface area contributed by atoms with E-state index in [-0.39, 0.29) is 5.91 Å². The van der Waals surface area contributed by atoms with Crippen molar-refractivity contribution in [2.24, 2.45) is 0 Å². The number of hydrogen-bond acceptors (Lipinski definition) is 2. The summed E-state index contributed by atoms with van der Waals surface area (Å²) >= 11 is 0. The van der Waals surface area contributed by atoms with Gasteiger partial charge in [0.1, 0.15) is 5.82 Å². The molecule has 104 valence electrons. The first kappa shape index (κ1) is 12.7. The minimum absolute atomic E-state index is 0.122. The van der Waals surface area contributed by atoms with Crippen LogP contribution in [0, 0.1) is 0 Å². The normalized spacial score (nSPS) is 21.1. The van der Waals surface area contributed by atoms with Crippen LogP contribution in [0.2, 0.25) is 0 Å². The van der Waals surface area contributed by atoms with Gasteiger partial charge in [-0.15, -0.1) is 0 Å². The van der Waals surface area contributed by atoms with Gasteiger partial charge in [0.25, 0.3) is 5.91 Å². The molecule has 19 heavy (non-hydrogen) atoms. The van der Waals surface area contributed by atoms with Crippen LogP contribution < -0.4 is 10.2 Å². The van der Waals surface area contributed by atoms with Gasteiger partial charge in [-0.2, -0.15) is 5.10 Å². The highest BCUT2D eigenvalue weighted by Crippen LogP contribution is 2.31. The summed E-state index contributed by atoms with van der Waals surface area (Å²) in [4.78, 5) is 13.5. The predicted octanol–water partition coefficient (Wildman–Crippen LogP) is 0.615. The van der Waals surface area contributed by atoms with Crippen LogP contribution in [0.5, 0.6) is 0 Å². The smallest absolute Gasteiger partial charge is 0.280 e. The third-order valence-electron chi connectivity index (χ3n) is 4.33. The molecule has 0 aromatic carbocycles. The molecule has 1 aromatic rings. The summed E-state index contributed by atoms with van der Waals surface area (Å²) in [6, 6.07) is 2.39. The quantitative estimate of drug-likeness (QED) is 0.836. The standard InChI is InChI=1S/C14H22N4O/c19-14(11-17-9-3-4-10-17)16-13-7-8-15-18(13)12-5-1-2-6-12/h7-8,12H,1-6,9-11H2,(H,16,19)/p+1. The van der Waals surface area contributed by atoms with Gasteiger partial charge in [-0.3, -0.25) is 4.79 Å². The van der Waals surface area contributed by atoms with E-state index in [1.165, 1.54) is 43.4 Å². The number of rotatable bonds is 4. The molecule has 0 atom stereocenters. The Hall–Kier alpha value is -1.36. The van der Waals surface area contributed by atoms with Crippen LogP contribution in [0.4, 0.5) is 5.82 Å². The van der Waals surface area contributed by atoms with E-state index in [2.05, 4.69) is 10.4 Å².